The first-order valence-electron chi connectivity index (χ1n) is 6.11. The van der Waals surface area contributed by atoms with Crippen molar-refractivity contribution in [3.05, 3.63) is 23.3 Å². The number of hydrogen-bond acceptors (Lipinski definition) is 4. The van der Waals surface area contributed by atoms with Gasteiger partial charge in [-0.15, -0.1) is 0 Å². The summed E-state index contributed by atoms with van der Waals surface area (Å²) in [4.78, 5) is 11.9. The standard InChI is InChI=1S/C14H19NO3/c1-8(2)17-13(16)10-6-5-9-7-14(3,4)18-12(9)11(10)15/h5-6,8H,7,15H2,1-4H3. The smallest absolute Gasteiger partial charge is 0.340 e. The van der Waals surface area contributed by atoms with Crippen LogP contribution >= 0.6 is 0 Å². The summed E-state index contributed by atoms with van der Waals surface area (Å²) in [6.07, 6.45) is 0.633. The van der Waals surface area contributed by atoms with Crippen LogP contribution in [0.5, 0.6) is 5.75 Å². The minimum absolute atomic E-state index is 0.164. The summed E-state index contributed by atoms with van der Waals surface area (Å²) in [6, 6.07) is 3.60. The zero-order valence-corrected chi connectivity index (χ0v) is 11.2. The van der Waals surface area contributed by atoms with E-state index in [9.17, 15) is 4.79 Å². The third-order valence-electron chi connectivity index (χ3n) is 2.83. The molecule has 0 radical (unpaired) electrons. The number of nitrogen functional groups attached to an aromatic ring is 1. The molecule has 0 saturated carbocycles. The van der Waals surface area contributed by atoms with Crippen LogP contribution in [-0.4, -0.2) is 17.7 Å². The van der Waals surface area contributed by atoms with Gasteiger partial charge in [0, 0.05) is 12.0 Å². The number of ether oxygens (including phenoxy) is 2. The summed E-state index contributed by atoms with van der Waals surface area (Å²) >= 11 is 0. The Hall–Kier alpha value is -1.71. The van der Waals surface area contributed by atoms with E-state index >= 15 is 0 Å². The van der Waals surface area contributed by atoms with Gasteiger partial charge in [-0.25, -0.2) is 4.79 Å². The third-order valence-corrected chi connectivity index (χ3v) is 2.83. The molecule has 0 amide bonds. The quantitative estimate of drug-likeness (QED) is 0.646. The Balaban J connectivity index is 2.35. The molecule has 1 aliphatic heterocycles. The number of nitrogens with two attached hydrogens (primary N) is 1. The molecule has 98 valence electrons. The number of carbonyl (C=O) groups excluding carboxylic acids is 1. The van der Waals surface area contributed by atoms with Crippen LogP contribution < -0.4 is 10.5 Å². The summed E-state index contributed by atoms with van der Waals surface area (Å²) in [7, 11) is 0. The van der Waals surface area contributed by atoms with Crippen LogP contribution in [0.15, 0.2) is 12.1 Å². The second-order valence-electron chi connectivity index (χ2n) is 5.51. The van der Waals surface area contributed by atoms with E-state index in [2.05, 4.69) is 0 Å². The zero-order valence-electron chi connectivity index (χ0n) is 11.2. The number of carbonyl (C=O) groups is 1. The van der Waals surface area contributed by atoms with E-state index in [1.54, 1.807) is 19.9 Å². The summed E-state index contributed by atoms with van der Waals surface area (Å²) in [5, 5.41) is 0. The van der Waals surface area contributed by atoms with Crippen molar-refractivity contribution in [2.24, 2.45) is 0 Å². The Labute approximate surface area is 107 Å². The minimum Gasteiger partial charge on any atom is -0.485 e. The van der Waals surface area contributed by atoms with E-state index in [1.165, 1.54) is 0 Å². The van der Waals surface area contributed by atoms with Gasteiger partial charge in [-0.1, -0.05) is 6.07 Å². The van der Waals surface area contributed by atoms with E-state index in [0.29, 0.717) is 17.0 Å². The predicted molar refractivity (Wildman–Crippen MR) is 69.8 cm³/mol. The molecule has 2 N–H and O–H groups in total. The number of esters is 1. The highest BCUT2D eigenvalue weighted by atomic mass is 16.5. The molecule has 0 aromatic heterocycles. The molecular formula is C14H19NO3. The summed E-state index contributed by atoms with van der Waals surface area (Å²) in [5.74, 6) is 0.219. The van der Waals surface area contributed by atoms with Gasteiger partial charge in [0.2, 0.25) is 0 Å². The second-order valence-corrected chi connectivity index (χ2v) is 5.51. The average molecular weight is 249 g/mol. The number of benzene rings is 1. The highest BCUT2D eigenvalue weighted by Crippen LogP contribution is 2.40. The van der Waals surface area contributed by atoms with Gasteiger partial charge >= 0.3 is 5.97 Å². The molecule has 4 nitrogen and oxygen atoms in total. The number of hydrogen-bond donors (Lipinski definition) is 1. The fourth-order valence-corrected chi connectivity index (χ4v) is 2.13. The normalized spacial score (nSPS) is 16.3. The lowest BCUT2D eigenvalue weighted by atomic mass is 10.00. The van der Waals surface area contributed by atoms with Gasteiger partial charge in [-0.05, 0) is 33.8 Å². The van der Waals surface area contributed by atoms with Crippen molar-refractivity contribution in [1.29, 1.82) is 0 Å². The Bertz CT molecular complexity index is 492. The molecule has 2 rings (SSSR count). The van der Waals surface area contributed by atoms with Gasteiger partial charge in [0.05, 0.1) is 17.4 Å². The molecule has 0 atom stereocenters. The molecular weight excluding hydrogens is 230 g/mol. The average Bonchev–Trinajstić information content (AvgIpc) is 2.52. The zero-order chi connectivity index (χ0) is 13.5. The van der Waals surface area contributed by atoms with Crippen molar-refractivity contribution in [3.8, 4) is 5.75 Å². The largest absolute Gasteiger partial charge is 0.485 e. The SMILES string of the molecule is CC(C)OC(=O)c1ccc2c(c1N)OC(C)(C)C2. The lowest BCUT2D eigenvalue weighted by Crippen LogP contribution is -2.25. The topological polar surface area (TPSA) is 61.5 Å². The second kappa shape index (κ2) is 4.19. The number of anilines is 1. The van der Waals surface area contributed by atoms with E-state index < -0.39 is 5.97 Å². The van der Waals surface area contributed by atoms with Crippen molar-refractivity contribution < 1.29 is 14.3 Å². The summed E-state index contributed by atoms with van der Waals surface area (Å²) < 4.78 is 10.9. The lowest BCUT2D eigenvalue weighted by Gasteiger charge is -2.18. The molecule has 1 heterocycles. The molecule has 0 fully saturated rings. The van der Waals surface area contributed by atoms with Crippen LogP contribution in [0.25, 0.3) is 0 Å². The first kappa shape index (κ1) is 12.7. The first-order chi connectivity index (χ1) is 8.30. The molecule has 0 bridgehead atoms. The van der Waals surface area contributed by atoms with Crippen molar-refractivity contribution in [3.63, 3.8) is 0 Å². The Morgan fingerprint density at radius 3 is 2.72 bits per heavy atom. The van der Waals surface area contributed by atoms with Gasteiger partial charge in [0.1, 0.15) is 11.4 Å². The molecule has 0 unspecified atom stereocenters. The molecule has 0 spiro atoms. The van der Waals surface area contributed by atoms with Crippen molar-refractivity contribution >= 4 is 11.7 Å². The maximum absolute atomic E-state index is 11.9. The number of rotatable bonds is 2. The molecule has 1 aromatic carbocycles. The first-order valence-corrected chi connectivity index (χ1v) is 6.11. The van der Waals surface area contributed by atoms with Crippen LogP contribution in [0.2, 0.25) is 0 Å². The van der Waals surface area contributed by atoms with Crippen LogP contribution in [0, 0.1) is 0 Å². The monoisotopic (exact) mass is 249 g/mol. The third kappa shape index (κ3) is 2.28. The van der Waals surface area contributed by atoms with Gasteiger partial charge in [-0.2, -0.15) is 0 Å². The molecule has 0 aliphatic carbocycles. The molecule has 18 heavy (non-hydrogen) atoms. The Kier molecular flexibility index (Phi) is 2.97. The highest BCUT2D eigenvalue weighted by Gasteiger charge is 2.33. The Morgan fingerprint density at radius 1 is 1.44 bits per heavy atom. The van der Waals surface area contributed by atoms with E-state index in [4.69, 9.17) is 15.2 Å². The van der Waals surface area contributed by atoms with Crippen LogP contribution in [0.3, 0.4) is 0 Å². The van der Waals surface area contributed by atoms with Crippen molar-refractivity contribution in [1.82, 2.24) is 0 Å². The molecule has 1 aliphatic rings. The Morgan fingerprint density at radius 2 is 2.11 bits per heavy atom. The highest BCUT2D eigenvalue weighted by molar-refractivity contribution is 5.97. The van der Waals surface area contributed by atoms with Gasteiger partial charge < -0.3 is 15.2 Å². The molecule has 1 aromatic rings. The molecule has 0 saturated heterocycles. The van der Waals surface area contributed by atoms with Gasteiger partial charge in [0.15, 0.2) is 0 Å². The number of fused-ring (bicyclic) bond motifs is 1. The van der Waals surface area contributed by atoms with E-state index in [1.807, 2.05) is 19.9 Å². The van der Waals surface area contributed by atoms with Crippen LogP contribution in [0.4, 0.5) is 5.69 Å². The fourth-order valence-electron chi connectivity index (χ4n) is 2.13. The van der Waals surface area contributed by atoms with Crippen LogP contribution in [-0.2, 0) is 11.2 Å². The lowest BCUT2D eigenvalue weighted by molar-refractivity contribution is 0.0378. The summed E-state index contributed by atoms with van der Waals surface area (Å²) in [5.41, 5.74) is 7.53. The fraction of sp³-hybridized carbons (Fsp3) is 0.500. The maximum atomic E-state index is 11.9. The predicted octanol–water partition coefficient (Wildman–Crippen LogP) is 2.55. The van der Waals surface area contributed by atoms with Crippen molar-refractivity contribution in [2.45, 2.75) is 45.8 Å². The van der Waals surface area contributed by atoms with Gasteiger partial charge in [0.25, 0.3) is 0 Å². The van der Waals surface area contributed by atoms with E-state index in [-0.39, 0.29) is 11.7 Å². The summed E-state index contributed by atoms with van der Waals surface area (Å²) in [6.45, 7) is 7.61. The minimum atomic E-state index is -0.404. The van der Waals surface area contributed by atoms with Gasteiger partial charge in [-0.3, -0.25) is 0 Å². The maximum Gasteiger partial charge on any atom is 0.340 e. The van der Waals surface area contributed by atoms with Crippen LogP contribution in [0.1, 0.15) is 43.6 Å². The van der Waals surface area contributed by atoms with E-state index in [0.717, 1.165) is 12.0 Å². The van der Waals surface area contributed by atoms with Crippen molar-refractivity contribution in [2.75, 3.05) is 5.73 Å². The molecule has 4 heteroatoms.